The molecule has 3 amide bonds. The van der Waals surface area contributed by atoms with Crippen LogP contribution in [0.4, 0.5) is 4.39 Å². The van der Waals surface area contributed by atoms with Crippen molar-refractivity contribution in [3.63, 3.8) is 0 Å². The number of ether oxygens (including phenoxy) is 1. The first kappa shape index (κ1) is 28.3. The number of carbonyl (C=O) groups excluding carboxylic acids is 3. The van der Waals surface area contributed by atoms with E-state index >= 15 is 0 Å². The van der Waals surface area contributed by atoms with Gasteiger partial charge in [0.05, 0.1) is 11.7 Å². The van der Waals surface area contributed by atoms with Gasteiger partial charge in [-0.2, -0.15) is 0 Å². The van der Waals surface area contributed by atoms with Gasteiger partial charge in [0.25, 0.3) is 0 Å². The first-order valence-electron chi connectivity index (χ1n) is 13.4. The van der Waals surface area contributed by atoms with Gasteiger partial charge in [0.15, 0.2) is 11.6 Å². The molecule has 0 unspecified atom stereocenters. The molecule has 0 spiro atoms. The summed E-state index contributed by atoms with van der Waals surface area (Å²) in [5, 5.41) is 18.4. The summed E-state index contributed by atoms with van der Waals surface area (Å²) in [5.41, 5.74) is 1.19. The molecule has 39 heavy (non-hydrogen) atoms. The number of phenolic OH excluding ortho intramolecular Hbond substituents is 1. The third kappa shape index (κ3) is 7.44. The lowest BCUT2D eigenvalue weighted by molar-refractivity contribution is -0.141. The number of fused-ring (bicyclic) bond motifs is 1. The predicted octanol–water partition coefficient (Wildman–Crippen LogP) is 1.31. The molecule has 0 saturated heterocycles. The van der Waals surface area contributed by atoms with Crippen LogP contribution in [0.25, 0.3) is 0 Å². The second-order valence-electron chi connectivity index (χ2n) is 10.1. The Morgan fingerprint density at radius 3 is 2.69 bits per heavy atom. The Labute approximate surface area is 227 Å². The molecule has 2 aliphatic rings. The number of pyridine rings is 1. The second kappa shape index (κ2) is 12.9. The Bertz CT molecular complexity index is 1190. The summed E-state index contributed by atoms with van der Waals surface area (Å²) < 4.78 is 19.9. The normalized spacial score (nSPS) is 24.0. The van der Waals surface area contributed by atoms with Crippen molar-refractivity contribution in [3.8, 4) is 11.5 Å². The first-order valence-corrected chi connectivity index (χ1v) is 13.4. The number of halogens is 1. The number of aromatic hydroxyl groups is 1. The van der Waals surface area contributed by atoms with E-state index in [9.17, 15) is 23.9 Å². The summed E-state index contributed by atoms with van der Waals surface area (Å²) in [4.78, 5) is 45.5. The van der Waals surface area contributed by atoms with Crippen LogP contribution in [0.3, 0.4) is 0 Å². The summed E-state index contributed by atoms with van der Waals surface area (Å²) in [6, 6.07) is 5.17. The van der Waals surface area contributed by atoms with Gasteiger partial charge in [-0.15, -0.1) is 0 Å². The Hall–Kier alpha value is -3.73. The largest absolute Gasteiger partial charge is 0.505 e. The number of phenols is 1. The van der Waals surface area contributed by atoms with Crippen LogP contribution in [0.15, 0.2) is 36.5 Å². The van der Waals surface area contributed by atoms with E-state index in [1.165, 1.54) is 17.0 Å². The Morgan fingerprint density at radius 1 is 1.15 bits per heavy atom. The average Bonchev–Trinajstić information content (AvgIpc) is 3.77. The summed E-state index contributed by atoms with van der Waals surface area (Å²) in [6.45, 7) is 2.74. The van der Waals surface area contributed by atoms with Gasteiger partial charge in [-0.05, 0) is 68.4 Å². The maximum Gasteiger partial charge on any atom is 0.243 e. The monoisotopic (exact) mass is 541 g/mol. The van der Waals surface area contributed by atoms with Crippen LogP contribution >= 0.6 is 0 Å². The van der Waals surface area contributed by atoms with Crippen LogP contribution in [0.1, 0.15) is 37.4 Å². The molecule has 4 rings (SSSR count). The smallest absolute Gasteiger partial charge is 0.243 e. The molecule has 0 radical (unpaired) electrons. The summed E-state index contributed by atoms with van der Waals surface area (Å²) in [5.74, 6) is -1.60. The van der Waals surface area contributed by atoms with Gasteiger partial charge in [-0.25, -0.2) is 4.39 Å². The van der Waals surface area contributed by atoms with Gasteiger partial charge < -0.3 is 30.7 Å². The van der Waals surface area contributed by atoms with E-state index < -0.39 is 41.5 Å². The molecule has 3 atom stereocenters. The quantitative estimate of drug-likeness (QED) is 0.461. The van der Waals surface area contributed by atoms with E-state index in [0.717, 1.165) is 24.6 Å². The van der Waals surface area contributed by atoms with Gasteiger partial charge in [0, 0.05) is 32.8 Å². The number of rotatable bonds is 3. The molecule has 1 saturated carbocycles. The third-order valence-corrected chi connectivity index (χ3v) is 7.21. The molecule has 1 aromatic heterocycles. The van der Waals surface area contributed by atoms with Crippen molar-refractivity contribution in [2.75, 3.05) is 26.7 Å². The summed E-state index contributed by atoms with van der Waals surface area (Å²) in [7, 11) is 1.57. The number of aromatic nitrogens is 1. The molecular formula is C28H36FN5O5. The fraction of sp³-hybridized carbons (Fsp3) is 0.500. The Kier molecular flexibility index (Phi) is 9.34. The van der Waals surface area contributed by atoms with Crippen molar-refractivity contribution < 1.29 is 28.6 Å². The lowest BCUT2D eigenvalue weighted by atomic mass is 10.0. The number of benzene rings is 1. The van der Waals surface area contributed by atoms with Gasteiger partial charge >= 0.3 is 0 Å². The third-order valence-electron chi connectivity index (χ3n) is 7.21. The van der Waals surface area contributed by atoms with E-state index in [1.54, 1.807) is 26.2 Å². The predicted molar refractivity (Wildman–Crippen MR) is 142 cm³/mol. The molecular weight excluding hydrogens is 505 g/mol. The Morgan fingerprint density at radius 2 is 1.95 bits per heavy atom. The number of hydrogen-bond acceptors (Lipinski definition) is 7. The zero-order chi connectivity index (χ0) is 27.9. The molecule has 10 nitrogen and oxygen atoms in total. The van der Waals surface area contributed by atoms with E-state index in [1.807, 2.05) is 6.07 Å². The number of amides is 3. The van der Waals surface area contributed by atoms with Crippen LogP contribution in [-0.2, 0) is 27.2 Å². The minimum Gasteiger partial charge on any atom is -0.505 e. The van der Waals surface area contributed by atoms with E-state index in [4.69, 9.17) is 4.74 Å². The van der Waals surface area contributed by atoms with Crippen molar-refractivity contribution in [3.05, 3.63) is 53.6 Å². The van der Waals surface area contributed by atoms with Crippen LogP contribution in [0, 0.1) is 11.7 Å². The van der Waals surface area contributed by atoms with Crippen LogP contribution in [0.5, 0.6) is 11.5 Å². The summed E-state index contributed by atoms with van der Waals surface area (Å²) in [6.07, 6.45) is 4.70. The van der Waals surface area contributed by atoms with Crippen molar-refractivity contribution in [2.45, 2.75) is 57.2 Å². The minimum absolute atomic E-state index is 0.00361. The number of carbonyl (C=O) groups is 3. The van der Waals surface area contributed by atoms with Crippen LogP contribution in [-0.4, -0.2) is 77.6 Å². The molecule has 2 aromatic rings. The van der Waals surface area contributed by atoms with Crippen LogP contribution in [0.2, 0.25) is 0 Å². The van der Waals surface area contributed by atoms with Crippen molar-refractivity contribution in [1.82, 2.24) is 25.8 Å². The number of nitrogens with zero attached hydrogens (tertiary/aromatic N) is 2. The fourth-order valence-corrected chi connectivity index (χ4v) is 4.59. The number of hydrogen-bond donors (Lipinski definition) is 4. The zero-order valence-electron chi connectivity index (χ0n) is 22.3. The summed E-state index contributed by atoms with van der Waals surface area (Å²) >= 11 is 0. The molecule has 1 aliphatic heterocycles. The van der Waals surface area contributed by atoms with Crippen molar-refractivity contribution >= 4 is 17.7 Å². The lowest BCUT2D eigenvalue weighted by Crippen LogP contribution is -2.56. The van der Waals surface area contributed by atoms with Crippen molar-refractivity contribution in [2.24, 2.45) is 5.92 Å². The lowest BCUT2D eigenvalue weighted by Gasteiger charge is -2.30. The SMILES string of the molecule is C[C@@H]1C(=O)N[C@H](Cc2ccc(O)c(F)c2)C(=O)NCCCc2ncccc2OCCN[C@@H](C2CC2)C(=O)N1C. The number of aryl methyl sites for hydroxylation is 1. The van der Waals surface area contributed by atoms with Gasteiger partial charge in [0.2, 0.25) is 17.7 Å². The van der Waals surface area contributed by atoms with Crippen LogP contribution < -0.4 is 20.7 Å². The maximum absolute atomic E-state index is 14.0. The van der Waals surface area contributed by atoms with Gasteiger partial charge in [0.1, 0.15) is 24.4 Å². The van der Waals surface area contributed by atoms with E-state index in [0.29, 0.717) is 43.9 Å². The zero-order valence-corrected chi connectivity index (χ0v) is 22.3. The van der Waals surface area contributed by atoms with E-state index in [2.05, 4.69) is 20.9 Å². The molecule has 11 heteroatoms. The maximum atomic E-state index is 14.0. The highest BCUT2D eigenvalue weighted by Gasteiger charge is 2.39. The standard InChI is InChI=1S/C28H36FN5O5/c1-17-26(36)33-22(16-18-7-10-23(35)20(29)15-18)27(37)32-12-3-5-21-24(6-4-11-30-21)39-14-13-31-25(19-8-9-19)28(38)34(17)2/h4,6-7,10-11,15,17,19,22,25,31,35H,3,5,8-9,12-14,16H2,1-2H3,(H,32,37)(H,33,36)/t17-,22-,25+/m1/s1. The van der Waals surface area contributed by atoms with E-state index in [-0.39, 0.29) is 18.2 Å². The highest BCUT2D eigenvalue weighted by atomic mass is 19.1. The first-order chi connectivity index (χ1) is 18.7. The molecule has 4 N–H and O–H groups in total. The molecule has 2 heterocycles. The number of nitrogens with one attached hydrogen (secondary N) is 3. The average molecular weight is 542 g/mol. The highest BCUT2D eigenvalue weighted by Crippen LogP contribution is 2.33. The molecule has 210 valence electrons. The Balaban J connectivity index is 1.55. The highest BCUT2D eigenvalue weighted by molar-refractivity contribution is 5.93. The number of likely N-dealkylation sites (N-methyl/N-ethyl adjacent to an activating group) is 1. The fourth-order valence-electron chi connectivity index (χ4n) is 4.59. The minimum atomic E-state index is -1.02. The molecule has 0 bridgehead atoms. The molecule has 1 aromatic carbocycles. The second-order valence-corrected chi connectivity index (χ2v) is 10.1. The van der Waals surface area contributed by atoms with Crippen molar-refractivity contribution in [1.29, 1.82) is 0 Å². The van der Waals surface area contributed by atoms with Gasteiger partial charge in [-0.1, -0.05) is 6.07 Å². The molecule has 1 aliphatic carbocycles. The van der Waals surface area contributed by atoms with Gasteiger partial charge in [-0.3, -0.25) is 19.4 Å². The molecule has 1 fully saturated rings. The topological polar surface area (TPSA) is 133 Å².